The SMILES string of the molecule is C1CCC(c2noc(CC3CCNCC3)n2)C1. The van der Waals surface area contributed by atoms with Crippen LogP contribution in [0, 0.1) is 5.92 Å². The lowest BCUT2D eigenvalue weighted by Crippen LogP contribution is -2.28. The maximum absolute atomic E-state index is 5.40. The molecule has 1 saturated carbocycles. The van der Waals surface area contributed by atoms with E-state index in [0.29, 0.717) is 5.92 Å². The zero-order chi connectivity index (χ0) is 11.5. The molecule has 17 heavy (non-hydrogen) atoms. The summed E-state index contributed by atoms with van der Waals surface area (Å²) in [7, 11) is 0. The standard InChI is InChI=1S/C13H21N3O/c1-2-4-11(3-1)13-15-12(17-16-13)9-10-5-7-14-8-6-10/h10-11,14H,1-9H2. The van der Waals surface area contributed by atoms with Crippen LogP contribution in [0.4, 0.5) is 0 Å². The minimum atomic E-state index is 0.570. The van der Waals surface area contributed by atoms with E-state index in [1.807, 2.05) is 0 Å². The number of hydrogen-bond donors (Lipinski definition) is 1. The van der Waals surface area contributed by atoms with Crippen molar-refractivity contribution in [2.24, 2.45) is 5.92 Å². The van der Waals surface area contributed by atoms with Crippen LogP contribution < -0.4 is 5.32 Å². The van der Waals surface area contributed by atoms with Crippen LogP contribution in [0.1, 0.15) is 56.2 Å². The number of nitrogens with one attached hydrogen (secondary N) is 1. The van der Waals surface area contributed by atoms with Crippen LogP contribution >= 0.6 is 0 Å². The first-order valence-electron chi connectivity index (χ1n) is 6.95. The number of piperidine rings is 1. The summed E-state index contributed by atoms with van der Waals surface area (Å²) < 4.78 is 5.40. The Morgan fingerprint density at radius 3 is 2.65 bits per heavy atom. The molecule has 4 nitrogen and oxygen atoms in total. The van der Waals surface area contributed by atoms with Crippen LogP contribution in [0.25, 0.3) is 0 Å². The molecule has 1 aromatic rings. The molecule has 1 N–H and O–H groups in total. The fourth-order valence-electron chi connectivity index (χ4n) is 3.03. The van der Waals surface area contributed by atoms with E-state index in [9.17, 15) is 0 Å². The molecule has 0 atom stereocenters. The van der Waals surface area contributed by atoms with Gasteiger partial charge < -0.3 is 9.84 Å². The lowest BCUT2D eigenvalue weighted by molar-refractivity contribution is 0.311. The molecular formula is C13H21N3O. The number of rotatable bonds is 3. The molecule has 94 valence electrons. The van der Waals surface area contributed by atoms with Gasteiger partial charge in [0.05, 0.1) is 0 Å². The van der Waals surface area contributed by atoms with Crippen LogP contribution in [0.3, 0.4) is 0 Å². The lowest BCUT2D eigenvalue weighted by atomic mass is 9.95. The molecule has 0 unspecified atom stereocenters. The zero-order valence-electron chi connectivity index (χ0n) is 10.3. The monoisotopic (exact) mass is 235 g/mol. The van der Waals surface area contributed by atoms with E-state index >= 15 is 0 Å². The van der Waals surface area contributed by atoms with E-state index in [-0.39, 0.29) is 0 Å². The summed E-state index contributed by atoms with van der Waals surface area (Å²) in [5, 5.41) is 7.55. The van der Waals surface area contributed by atoms with Gasteiger partial charge in [-0.05, 0) is 44.7 Å². The van der Waals surface area contributed by atoms with Crippen molar-refractivity contribution in [2.45, 2.75) is 50.9 Å². The highest BCUT2D eigenvalue weighted by atomic mass is 16.5. The molecule has 1 saturated heterocycles. The maximum atomic E-state index is 5.40. The van der Waals surface area contributed by atoms with Crippen molar-refractivity contribution in [1.82, 2.24) is 15.5 Å². The third-order valence-corrected chi connectivity index (χ3v) is 4.13. The molecule has 1 aromatic heterocycles. The summed E-state index contributed by atoms with van der Waals surface area (Å²) in [6.07, 6.45) is 8.58. The van der Waals surface area contributed by atoms with Gasteiger partial charge in [-0.25, -0.2) is 0 Å². The molecule has 1 aliphatic heterocycles. The highest BCUT2D eigenvalue weighted by Crippen LogP contribution is 2.32. The first kappa shape index (κ1) is 11.2. The van der Waals surface area contributed by atoms with Crippen LogP contribution in [0.15, 0.2) is 4.52 Å². The lowest BCUT2D eigenvalue weighted by Gasteiger charge is -2.20. The Bertz CT molecular complexity index is 351. The van der Waals surface area contributed by atoms with Crippen LogP contribution in [-0.4, -0.2) is 23.2 Å². The first-order chi connectivity index (χ1) is 8.42. The Hall–Kier alpha value is -0.900. The summed E-state index contributed by atoms with van der Waals surface area (Å²) >= 11 is 0. The van der Waals surface area contributed by atoms with Crippen LogP contribution in [0.5, 0.6) is 0 Å². The average molecular weight is 235 g/mol. The molecule has 2 heterocycles. The molecule has 0 spiro atoms. The Balaban J connectivity index is 1.59. The predicted octanol–water partition coefficient (Wildman–Crippen LogP) is 2.27. The molecule has 3 rings (SSSR count). The summed E-state index contributed by atoms with van der Waals surface area (Å²) in [4.78, 5) is 4.59. The highest BCUT2D eigenvalue weighted by molar-refractivity contribution is 4.98. The highest BCUT2D eigenvalue weighted by Gasteiger charge is 2.23. The van der Waals surface area contributed by atoms with E-state index in [4.69, 9.17) is 4.52 Å². The van der Waals surface area contributed by atoms with Gasteiger partial charge in [0.1, 0.15) is 0 Å². The Morgan fingerprint density at radius 2 is 1.88 bits per heavy atom. The molecule has 4 heteroatoms. The topological polar surface area (TPSA) is 51.0 Å². The quantitative estimate of drug-likeness (QED) is 0.873. The van der Waals surface area contributed by atoms with Crippen molar-refractivity contribution in [3.05, 3.63) is 11.7 Å². The van der Waals surface area contributed by atoms with Gasteiger partial charge >= 0.3 is 0 Å². The van der Waals surface area contributed by atoms with Crippen molar-refractivity contribution in [3.8, 4) is 0 Å². The fourth-order valence-corrected chi connectivity index (χ4v) is 3.03. The second kappa shape index (κ2) is 5.17. The van der Waals surface area contributed by atoms with Crippen LogP contribution in [-0.2, 0) is 6.42 Å². The van der Waals surface area contributed by atoms with Gasteiger partial charge in [-0.2, -0.15) is 4.98 Å². The summed E-state index contributed by atoms with van der Waals surface area (Å²) in [6, 6.07) is 0. The van der Waals surface area contributed by atoms with Crippen molar-refractivity contribution >= 4 is 0 Å². The molecule has 2 aliphatic rings. The Labute approximate surface area is 102 Å². The zero-order valence-corrected chi connectivity index (χ0v) is 10.3. The first-order valence-corrected chi connectivity index (χ1v) is 6.95. The molecule has 0 radical (unpaired) electrons. The van der Waals surface area contributed by atoms with Gasteiger partial charge in [0.25, 0.3) is 0 Å². The fraction of sp³-hybridized carbons (Fsp3) is 0.846. The van der Waals surface area contributed by atoms with Gasteiger partial charge in [-0.3, -0.25) is 0 Å². The van der Waals surface area contributed by atoms with Gasteiger partial charge in [0, 0.05) is 12.3 Å². The number of aromatic nitrogens is 2. The Kier molecular flexibility index (Phi) is 3.41. The normalized spacial score (nSPS) is 23.3. The van der Waals surface area contributed by atoms with Gasteiger partial charge in [0.2, 0.25) is 5.89 Å². The average Bonchev–Trinajstić information content (AvgIpc) is 3.00. The van der Waals surface area contributed by atoms with Gasteiger partial charge in [0.15, 0.2) is 5.82 Å². The van der Waals surface area contributed by atoms with Crippen molar-refractivity contribution in [3.63, 3.8) is 0 Å². The summed E-state index contributed by atoms with van der Waals surface area (Å²) in [5.74, 6) is 3.12. The van der Waals surface area contributed by atoms with E-state index < -0.39 is 0 Å². The molecule has 0 amide bonds. The summed E-state index contributed by atoms with van der Waals surface area (Å²) in [6.45, 7) is 2.27. The van der Waals surface area contributed by atoms with E-state index in [0.717, 1.165) is 37.1 Å². The van der Waals surface area contributed by atoms with E-state index in [1.165, 1.54) is 38.5 Å². The van der Waals surface area contributed by atoms with Crippen LogP contribution in [0.2, 0.25) is 0 Å². The Morgan fingerprint density at radius 1 is 1.12 bits per heavy atom. The van der Waals surface area contributed by atoms with Crippen molar-refractivity contribution in [2.75, 3.05) is 13.1 Å². The molecular weight excluding hydrogens is 214 g/mol. The van der Waals surface area contributed by atoms with Crippen molar-refractivity contribution in [1.29, 1.82) is 0 Å². The van der Waals surface area contributed by atoms with Gasteiger partial charge in [-0.1, -0.05) is 18.0 Å². The molecule has 0 bridgehead atoms. The third-order valence-electron chi connectivity index (χ3n) is 4.13. The molecule has 0 aromatic carbocycles. The minimum Gasteiger partial charge on any atom is -0.339 e. The second-order valence-corrected chi connectivity index (χ2v) is 5.43. The second-order valence-electron chi connectivity index (χ2n) is 5.43. The van der Waals surface area contributed by atoms with E-state index in [1.54, 1.807) is 0 Å². The van der Waals surface area contributed by atoms with Crippen molar-refractivity contribution < 1.29 is 4.52 Å². The summed E-state index contributed by atoms with van der Waals surface area (Å²) in [5.41, 5.74) is 0. The predicted molar refractivity (Wildman–Crippen MR) is 64.8 cm³/mol. The van der Waals surface area contributed by atoms with E-state index in [2.05, 4.69) is 15.5 Å². The largest absolute Gasteiger partial charge is 0.339 e. The smallest absolute Gasteiger partial charge is 0.226 e. The van der Waals surface area contributed by atoms with Gasteiger partial charge in [-0.15, -0.1) is 0 Å². The molecule has 2 fully saturated rings. The third kappa shape index (κ3) is 2.68. The minimum absolute atomic E-state index is 0.570. The number of hydrogen-bond acceptors (Lipinski definition) is 4. The number of nitrogens with zero attached hydrogens (tertiary/aromatic N) is 2. The molecule has 1 aliphatic carbocycles. The maximum Gasteiger partial charge on any atom is 0.226 e.